The summed E-state index contributed by atoms with van der Waals surface area (Å²) in [6.07, 6.45) is 1.66. The number of hydrogen-bond donors (Lipinski definition) is 1. The molecule has 0 saturated carbocycles. The molecule has 0 aliphatic heterocycles. The van der Waals surface area contributed by atoms with Gasteiger partial charge in [0.15, 0.2) is 11.4 Å². The van der Waals surface area contributed by atoms with Crippen LogP contribution in [0.3, 0.4) is 0 Å². The van der Waals surface area contributed by atoms with Crippen LogP contribution in [0.2, 0.25) is 0 Å². The van der Waals surface area contributed by atoms with Crippen molar-refractivity contribution in [2.45, 2.75) is 25.4 Å². The van der Waals surface area contributed by atoms with E-state index in [2.05, 4.69) is 12.1 Å². The topological polar surface area (TPSA) is 33.4 Å². The number of aryl methyl sites for hydroxylation is 1. The second-order valence-corrected chi connectivity index (χ2v) is 5.20. The van der Waals surface area contributed by atoms with Crippen LogP contribution in [0.1, 0.15) is 30.3 Å². The third-order valence-electron chi connectivity index (χ3n) is 3.63. The van der Waals surface area contributed by atoms with Crippen LogP contribution in [0.4, 0.5) is 4.39 Å². The lowest BCUT2D eigenvalue weighted by atomic mass is 10.0. The van der Waals surface area contributed by atoms with Gasteiger partial charge in [-0.25, -0.2) is 4.39 Å². The smallest absolute Gasteiger partial charge is 0.170 e. The van der Waals surface area contributed by atoms with Gasteiger partial charge in [0.05, 0.1) is 0 Å². The Balaban J connectivity index is 1.64. The first-order valence-electron chi connectivity index (χ1n) is 7.14. The van der Waals surface area contributed by atoms with E-state index in [-0.39, 0.29) is 5.58 Å². The van der Waals surface area contributed by atoms with Crippen LogP contribution in [0.15, 0.2) is 59.0 Å². The molecule has 2 nitrogen and oxygen atoms in total. The molecule has 1 unspecified atom stereocenters. The lowest BCUT2D eigenvalue weighted by molar-refractivity contribution is 0.140. The molecule has 1 atom stereocenters. The first-order valence-corrected chi connectivity index (χ1v) is 7.14. The minimum absolute atomic E-state index is 0.217. The number of benzene rings is 2. The van der Waals surface area contributed by atoms with E-state index in [0.717, 1.165) is 12.8 Å². The van der Waals surface area contributed by atoms with Gasteiger partial charge in [0, 0.05) is 5.39 Å². The highest BCUT2D eigenvalue weighted by Crippen LogP contribution is 2.28. The van der Waals surface area contributed by atoms with E-state index in [4.69, 9.17) is 4.42 Å². The lowest BCUT2D eigenvalue weighted by Gasteiger charge is -2.07. The minimum Gasteiger partial charge on any atom is -0.455 e. The largest absolute Gasteiger partial charge is 0.455 e. The molecule has 0 amide bonds. The van der Waals surface area contributed by atoms with Crippen LogP contribution < -0.4 is 0 Å². The maximum atomic E-state index is 13.6. The van der Waals surface area contributed by atoms with Crippen molar-refractivity contribution in [3.8, 4) is 0 Å². The predicted octanol–water partition coefficient (Wildman–Crippen LogP) is 4.63. The lowest BCUT2D eigenvalue weighted by Crippen LogP contribution is -1.96. The summed E-state index contributed by atoms with van der Waals surface area (Å²) in [6.45, 7) is 0. The zero-order valence-corrected chi connectivity index (χ0v) is 11.6. The van der Waals surface area contributed by atoms with Gasteiger partial charge in [-0.05, 0) is 37.0 Å². The summed E-state index contributed by atoms with van der Waals surface area (Å²) >= 11 is 0. The van der Waals surface area contributed by atoms with Crippen LogP contribution in [0.25, 0.3) is 11.0 Å². The number of halogens is 1. The summed E-state index contributed by atoms with van der Waals surface area (Å²) in [7, 11) is 0. The summed E-state index contributed by atoms with van der Waals surface area (Å²) in [4.78, 5) is 0. The molecule has 0 fully saturated rings. The van der Waals surface area contributed by atoms with E-state index in [9.17, 15) is 9.50 Å². The molecule has 1 heterocycles. The Morgan fingerprint density at radius 2 is 1.86 bits per heavy atom. The number of furan rings is 1. The molecule has 2 aromatic carbocycles. The van der Waals surface area contributed by atoms with Gasteiger partial charge in [0.2, 0.25) is 0 Å². The van der Waals surface area contributed by atoms with Crippen LogP contribution >= 0.6 is 0 Å². The third kappa shape index (κ3) is 3.14. The fraction of sp³-hybridized carbons (Fsp3) is 0.222. The summed E-state index contributed by atoms with van der Waals surface area (Å²) in [5.41, 5.74) is 1.47. The number of para-hydroxylation sites is 1. The van der Waals surface area contributed by atoms with Crippen LogP contribution in [0, 0.1) is 5.82 Å². The van der Waals surface area contributed by atoms with E-state index in [1.165, 1.54) is 11.6 Å². The minimum atomic E-state index is -0.694. The van der Waals surface area contributed by atoms with Crippen molar-refractivity contribution in [3.63, 3.8) is 0 Å². The quantitative estimate of drug-likeness (QED) is 0.741. The van der Waals surface area contributed by atoms with E-state index in [1.54, 1.807) is 18.2 Å². The Kier molecular flexibility index (Phi) is 4.02. The van der Waals surface area contributed by atoms with Gasteiger partial charge < -0.3 is 9.52 Å². The van der Waals surface area contributed by atoms with Crippen molar-refractivity contribution in [2.75, 3.05) is 0 Å². The highest BCUT2D eigenvalue weighted by Gasteiger charge is 2.15. The molecule has 3 rings (SSSR count). The molecular formula is C18H17FO2. The van der Waals surface area contributed by atoms with Gasteiger partial charge >= 0.3 is 0 Å². The van der Waals surface area contributed by atoms with E-state index in [0.29, 0.717) is 17.6 Å². The van der Waals surface area contributed by atoms with Gasteiger partial charge in [0.1, 0.15) is 11.9 Å². The molecule has 0 radical (unpaired) electrons. The maximum absolute atomic E-state index is 13.6. The second-order valence-electron chi connectivity index (χ2n) is 5.20. The fourth-order valence-electron chi connectivity index (χ4n) is 2.50. The molecule has 0 spiro atoms. The van der Waals surface area contributed by atoms with Gasteiger partial charge in [0.25, 0.3) is 0 Å². The maximum Gasteiger partial charge on any atom is 0.170 e. The molecule has 0 aliphatic carbocycles. The van der Waals surface area contributed by atoms with Crippen LogP contribution in [0.5, 0.6) is 0 Å². The molecule has 0 saturated heterocycles. The van der Waals surface area contributed by atoms with Gasteiger partial charge in [-0.15, -0.1) is 0 Å². The molecule has 1 aromatic heterocycles. The predicted molar refractivity (Wildman–Crippen MR) is 80.5 cm³/mol. The molecule has 21 heavy (non-hydrogen) atoms. The van der Waals surface area contributed by atoms with E-state index in [1.807, 2.05) is 18.2 Å². The van der Waals surface area contributed by atoms with Crippen molar-refractivity contribution < 1.29 is 13.9 Å². The van der Waals surface area contributed by atoms with Gasteiger partial charge in [-0.3, -0.25) is 0 Å². The van der Waals surface area contributed by atoms with E-state index < -0.39 is 11.9 Å². The summed E-state index contributed by atoms with van der Waals surface area (Å²) in [5, 5.41) is 10.9. The average Bonchev–Trinajstić information content (AvgIpc) is 2.94. The Morgan fingerprint density at radius 1 is 1.05 bits per heavy atom. The highest BCUT2D eigenvalue weighted by molar-refractivity contribution is 5.78. The number of aliphatic hydroxyl groups excluding tert-OH is 1. The Morgan fingerprint density at radius 3 is 2.62 bits per heavy atom. The Bertz CT molecular complexity index is 718. The Hall–Kier alpha value is -2.13. The highest BCUT2D eigenvalue weighted by atomic mass is 19.1. The number of fused-ring (bicyclic) bond motifs is 1. The van der Waals surface area contributed by atoms with Gasteiger partial charge in [-0.1, -0.05) is 42.5 Å². The monoisotopic (exact) mass is 284 g/mol. The van der Waals surface area contributed by atoms with Crippen molar-refractivity contribution in [2.24, 2.45) is 0 Å². The van der Waals surface area contributed by atoms with Crippen LogP contribution in [-0.2, 0) is 6.42 Å². The van der Waals surface area contributed by atoms with Crippen molar-refractivity contribution in [1.82, 2.24) is 0 Å². The molecule has 0 aliphatic rings. The number of hydrogen-bond acceptors (Lipinski definition) is 2. The molecule has 1 N–H and O–H groups in total. The molecular weight excluding hydrogens is 267 g/mol. The Labute approximate surface area is 122 Å². The zero-order chi connectivity index (χ0) is 14.7. The van der Waals surface area contributed by atoms with Crippen molar-refractivity contribution in [1.29, 1.82) is 0 Å². The fourth-order valence-corrected chi connectivity index (χ4v) is 2.50. The summed E-state index contributed by atoms with van der Waals surface area (Å²) in [5.74, 6) is 0.0402. The second kappa shape index (κ2) is 6.10. The zero-order valence-electron chi connectivity index (χ0n) is 11.6. The first kappa shape index (κ1) is 13.8. The SMILES string of the molecule is OC(CCCc1ccccc1)c1cc2cccc(F)c2o1. The summed E-state index contributed by atoms with van der Waals surface area (Å²) < 4.78 is 19.0. The average molecular weight is 284 g/mol. The third-order valence-corrected chi connectivity index (χ3v) is 3.63. The normalized spacial score (nSPS) is 12.7. The molecule has 3 heteroatoms. The molecule has 0 bridgehead atoms. The first-order chi connectivity index (χ1) is 10.2. The van der Waals surface area contributed by atoms with E-state index >= 15 is 0 Å². The molecule has 108 valence electrons. The number of rotatable bonds is 5. The standard InChI is InChI=1S/C18H17FO2/c19-15-10-5-9-14-12-17(21-18(14)15)16(20)11-4-8-13-6-2-1-3-7-13/h1-3,5-7,9-10,12,16,20H,4,8,11H2. The van der Waals surface area contributed by atoms with Crippen molar-refractivity contribution >= 4 is 11.0 Å². The van der Waals surface area contributed by atoms with Crippen LogP contribution in [-0.4, -0.2) is 5.11 Å². The van der Waals surface area contributed by atoms with Crippen molar-refractivity contribution in [3.05, 3.63) is 71.7 Å². The molecule has 3 aromatic rings. The van der Waals surface area contributed by atoms with Gasteiger partial charge in [-0.2, -0.15) is 0 Å². The summed E-state index contributed by atoms with van der Waals surface area (Å²) in [6, 6.07) is 16.6. The number of aliphatic hydroxyl groups is 1.